The van der Waals surface area contributed by atoms with E-state index in [-0.39, 0.29) is 16.9 Å². The molecule has 4 rings (SSSR count). The van der Waals surface area contributed by atoms with Crippen LogP contribution in [-0.4, -0.2) is 21.0 Å². The molecule has 0 radical (unpaired) electrons. The first-order valence-corrected chi connectivity index (χ1v) is 9.22. The third-order valence-corrected chi connectivity index (χ3v) is 4.80. The van der Waals surface area contributed by atoms with E-state index in [1.54, 1.807) is 37.3 Å². The fourth-order valence-corrected chi connectivity index (χ4v) is 3.35. The van der Waals surface area contributed by atoms with Gasteiger partial charge in [0, 0.05) is 22.7 Å². The molecule has 0 fully saturated rings. The van der Waals surface area contributed by atoms with E-state index in [9.17, 15) is 14.7 Å². The fraction of sp³-hybridized carbons (Fsp3) is 0.0870. The quantitative estimate of drug-likeness (QED) is 0.498. The van der Waals surface area contributed by atoms with Crippen LogP contribution < -0.4 is 10.9 Å². The Morgan fingerprint density at radius 3 is 2.52 bits per heavy atom. The first-order valence-electron chi connectivity index (χ1n) is 9.22. The molecule has 0 aliphatic carbocycles. The molecule has 1 amide bonds. The van der Waals surface area contributed by atoms with Crippen LogP contribution in [0.4, 0.5) is 0 Å². The predicted molar refractivity (Wildman–Crippen MR) is 112 cm³/mol. The van der Waals surface area contributed by atoms with Gasteiger partial charge in [-0.25, -0.2) is 4.98 Å². The number of hydrogen-bond donors (Lipinski definition) is 3. The maximum atomic E-state index is 13.1. The molecule has 1 unspecified atom stereocenters. The van der Waals surface area contributed by atoms with Crippen molar-refractivity contribution in [3.63, 3.8) is 0 Å². The van der Waals surface area contributed by atoms with Gasteiger partial charge in [-0.1, -0.05) is 54.6 Å². The molecule has 29 heavy (non-hydrogen) atoms. The van der Waals surface area contributed by atoms with Crippen molar-refractivity contribution in [2.45, 2.75) is 13.0 Å². The molecule has 0 saturated heterocycles. The van der Waals surface area contributed by atoms with Crippen molar-refractivity contribution in [3.05, 3.63) is 94.4 Å². The Morgan fingerprint density at radius 1 is 1.03 bits per heavy atom. The van der Waals surface area contributed by atoms with Gasteiger partial charge in [-0.05, 0) is 19.1 Å². The topological polar surface area (TPSA) is 95.1 Å². The Labute approximate surface area is 166 Å². The van der Waals surface area contributed by atoms with Crippen LogP contribution in [-0.2, 0) is 0 Å². The number of aromatic nitrogens is 2. The van der Waals surface area contributed by atoms with Crippen molar-refractivity contribution < 1.29 is 9.90 Å². The lowest BCUT2D eigenvalue weighted by atomic mass is 10.0. The highest BCUT2D eigenvalue weighted by atomic mass is 16.3. The average molecular weight is 385 g/mol. The van der Waals surface area contributed by atoms with Gasteiger partial charge in [-0.2, -0.15) is 0 Å². The molecule has 3 N–H and O–H groups in total. The highest BCUT2D eigenvalue weighted by Crippen LogP contribution is 2.35. The van der Waals surface area contributed by atoms with Crippen molar-refractivity contribution in [2.75, 3.05) is 0 Å². The zero-order valence-corrected chi connectivity index (χ0v) is 15.7. The molecule has 0 saturated carbocycles. The molecule has 0 spiro atoms. The van der Waals surface area contributed by atoms with Gasteiger partial charge in [0.15, 0.2) is 5.75 Å². The summed E-state index contributed by atoms with van der Waals surface area (Å²) in [7, 11) is 0. The normalized spacial score (nSPS) is 11.9. The molecule has 0 aliphatic heterocycles. The lowest BCUT2D eigenvalue weighted by Crippen LogP contribution is -2.30. The van der Waals surface area contributed by atoms with Gasteiger partial charge < -0.3 is 15.4 Å². The van der Waals surface area contributed by atoms with Gasteiger partial charge in [-0.3, -0.25) is 9.59 Å². The van der Waals surface area contributed by atoms with Gasteiger partial charge in [-0.15, -0.1) is 0 Å². The van der Waals surface area contributed by atoms with E-state index < -0.39 is 11.9 Å². The Balaban J connectivity index is 1.82. The summed E-state index contributed by atoms with van der Waals surface area (Å²) >= 11 is 0. The number of aromatic hydroxyl groups is 1. The number of rotatable bonds is 4. The maximum Gasteiger partial charge on any atom is 0.256 e. The summed E-state index contributed by atoms with van der Waals surface area (Å²) < 4.78 is 0. The van der Waals surface area contributed by atoms with Gasteiger partial charge in [0.1, 0.15) is 5.69 Å². The number of fused-ring (bicyclic) bond motifs is 1. The second-order valence-electron chi connectivity index (χ2n) is 6.72. The first kappa shape index (κ1) is 18.4. The summed E-state index contributed by atoms with van der Waals surface area (Å²) in [5, 5.41) is 14.3. The molecule has 6 heteroatoms. The van der Waals surface area contributed by atoms with Crippen molar-refractivity contribution >= 4 is 16.8 Å². The minimum atomic E-state index is -0.543. The van der Waals surface area contributed by atoms with Gasteiger partial charge in [0.2, 0.25) is 0 Å². The Kier molecular flexibility index (Phi) is 4.83. The molecule has 2 heterocycles. The van der Waals surface area contributed by atoms with Crippen molar-refractivity contribution in [3.8, 4) is 17.0 Å². The molecule has 144 valence electrons. The van der Waals surface area contributed by atoms with Gasteiger partial charge in [0.05, 0.1) is 17.1 Å². The molecule has 2 aromatic carbocycles. The Hall–Kier alpha value is -3.93. The van der Waals surface area contributed by atoms with Crippen LogP contribution in [0.3, 0.4) is 0 Å². The number of nitrogens with zero attached hydrogens (tertiary/aromatic N) is 1. The molecule has 0 bridgehead atoms. The van der Waals surface area contributed by atoms with Crippen LogP contribution in [0.2, 0.25) is 0 Å². The Bertz CT molecular complexity index is 1250. The van der Waals surface area contributed by atoms with Crippen LogP contribution in [0.1, 0.15) is 28.9 Å². The van der Waals surface area contributed by atoms with Crippen LogP contribution in [0.25, 0.3) is 22.2 Å². The van der Waals surface area contributed by atoms with Gasteiger partial charge >= 0.3 is 0 Å². The number of carbonyl (C=O) groups is 1. The van der Waals surface area contributed by atoms with Crippen LogP contribution in [0.5, 0.6) is 5.75 Å². The third-order valence-electron chi connectivity index (χ3n) is 4.80. The standard InChI is InChI=1S/C23H19N3O3/c1-14(16-11-7-13-24-22(16)28)25-23(29)19-17-10-5-6-12-18(17)26-20(21(19)27)15-8-3-2-4-9-15/h2-14,27H,1H3,(H,24,28)(H,25,29). The maximum absolute atomic E-state index is 13.1. The summed E-state index contributed by atoms with van der Waals surface area (Å²) in [5.41, 5.74) is 1.93. The number of H-pyrrole nitrogens is 1. The summed E-state index contributed by atoms with van der Waals surface area (Å²) in [6.45, 7) is 1.72. The minimum absolute atomic E-state index is 0.133. The Morgan fingerprint density at radius 2 is 1.76 bits per heavy atom. The third kappa shape index (κ3) is 3.48. The fourth-order valence-electron chi connectivity index (χ4n) is 3.35. The predicted octanol–water partition coefficient (Wildman–Crippen LogP) is 3.79. The molecule has 4 aromatic rings. The number of aromatic amines is 1. The number of para-hydroxylation sites is 1. The molecule has 1 atom stereocenters. The monoisotopic (exact) mass is 385 g/mol. The van der Waals surface area contributed by atoms with Crippen LogP contribution in [0, 0.1) is 0 Å². The molecular weight excluding hydrogens is 366 g/mol. The average Bonchev–Trinajstić information content (AvgIpc) is 2.74. The SMILES string of the molecule is CC(NC(=O)c1c(O)c(-c2ccccc2)nc2ccccc12)c1ccc[nH]c1=O. The summed E-state index contributed by atoms with van der Waals surface area (Å²) in [6.07, 6.45) is 1.54. The highest BCUT2D eigenvalue weighted by molar-refractivity contribution is 6.10. The van der Waals surface area contributed by atoms with E-state index >= 15 is 0 Å². The number of carbonyl (C=O) groups excluding carboxylic acids is 1. The number of pyridine rings is 2. The lowest BCUT2D eigenvalue weighted by Gasteiger charge is -2.17. The largest absolute Gasteiger partial charge is 0.505 e. The summed E-state index contributed by atoms with van der Waals surface area (Å²) in [4.78, 5) is 32.3. The molecule has 2 aromatic heterocycles. The number of nitrogens with one attached hydrogen (secondary N) is 2. The lowest BCUT2D eigenvalue weighted by molar-refractivity contribution is 0.0939. The van der Waals surface area contributed by atoms with Gasteiger partial charge in [0.25, 0.3) is 11.5 Å². The number of hydrogen-bond acceptors (Lipinski definition) is 4. The number of amides is 1. The zero-order chi connectivity index (χ0) is 20.4. The molecule has 0 aliphatic rings. The minimum Gasteiger partial charge on any atom is -0.505 e. The van der Waals surface area contributed by atoms with Crippen LogP contribution >= 0.6 is 0 Å². The van der Waals surface area contributed by atoms with Crippen molar-refractivity contribution in [1.82, 2.24) is 15.3 Å². The van der Waals surface area contributed by atoms with E-state index in [1.165, 1.54) is 6.20 Å². The second kappa shape index (κ2) is 7.59. The molecular formula is C23H19N3O3. The summed E-state index contributed by atoms with van der Waals surface area (Å²) in [6, 6.07) is 19.2. The summed E-state index contributed by atoms with van der Waals surface area (Å²) in [5.74, 6) is -0.671. The zero-order valence-electron chi connectivity index (χ0n) is 15.7. The van der Waals surface area contributed by atoms with E-state index in [0.29, 0.717) is 27.7 Å². The van der Waals surface area contributed by atoms with Crippen LogP contribution in [0.15, 0.2) is 77.7 Å². The number of benzene rings is 2. The molecule has 6 nitrogen and oxygen atoms in total. The van der Waals surface area contributed by atoms with E-state index in [0.717, 1.165) is 0 Å². The van der Waals surface area contributed by atoms with Crippen molar-refractivity contribution in [1.29, 1.82) is 0 Å². The smallest absolute Gasteiger partial charge is 0.256 e. The highest BCUT2D eigenvalue weighted by Gasteiger charge is 2.23. The van der Waals surface area contributed by atoms with E-state index in [2.05, 4.69) is 15.3 Å². The van der Waals surface area contributed by atoms with Crippen molar-refractivity contribution in [2.24, 2.45) is 0 Å². The van der Waals surface area contributed by atoms with E-state index in [4.69, 9.17) is 0 Å². The first-order chi connectivity index (χ1) is 14.1. The van der Waals surface area contributed by atoms with E-state index in [1.807, 2.05) is 36.4 Å². The second-order valence-corrected chi connectivity index (χ2v) is 6.72.